The highest BCUT2D eigenvalue weighted by Crippen LogP contribution is 2.34. The van der Waals surface area contributed by atoms with Crippen molar-refractivity contribution < 1.29 is 19.4 Å². The normalized spacial score (nSPS) is 10.9. The third kappa shape index (κ3) is 5.02. The Morgan fingerprint density at radius 2 is 1.64 bits per heavy atom. The second-order valence-corrected chi connectivity index (χ2v) is 8.74. The molecule has 6 nitrogen and oxygen atoms in total. The molecule has 1 aromatic heterocycles. The van der Waals surface area contributed by atoms with Crippen molar-refractivity contribution in [2.75, 3.05) is 7.11 Å². The first-order chi connectivity index (χ1) is 17.3. The molecule has 0 fully saturated rings. The number of carboxylic acids is 1. The van der Waals surface area contributed by atoms with Gasteiger partial charge in [-0.3, -0.25) is 4.79 Å². The fourth-order valence-electron chi connectivity index (χ4n) is 4.18. The van der Waals surface area contributed by atoms with Gasteiger partial charge in [0.15, 0.2) is 0 Å². The molecular weight excluding hydrogens is 501 g/mol. The van der Waals surface area contributed by atoms with Crippen LogP contribution in [-0.2, 0) is 17.9 Å². The number of nitrogens with zero attached hydrogens (tertiary/aromatic N) is 1. The topological polar surface area (TPSA) is 77.8 Å². The lowest BCUT2D eigenvalue weighted by molar-refractivity contribution is 0.0695. The van der Waals surface area contributed by atoms with Gasteiger partial charge in [-0.25, -0.2) is 4.79 Å². The van der Waals surface area contributed by atoms with Crippen molar-refractivity contribution in [2.24, 2.45) is 0 Å². The van der Waals surface area contributed by atoms with Gasteiger partial charge in [0.05, 0.1) is 33.6 Å². The maximum Gasteiger partial charge on any atom is 0.341 e. The van der Waals surface area contributed by atoms with Gasteiger partial charge in [0.25, 0.3) is 0 Å². The Bertz CT molecular complexity index is 1480. The zero-order chi connectivity index (χ0) is 25.8. The molecule has 0 saturated heterocycles. The van der Waals surface area contributed by atoms with Crippen LogP contribution in [0.15, 0.2) is 77.6 Å². The summed E-state index contributed by atoms with van der Waals surface area (Å²) in [5.41, 5.74) is 1.00. The number of hydrogen-bond acceptors (Lipinski definition) is 4. The number of para-hydroxylation sites is 1. The van der Waals surface area contributed by atoms with Crippen LogP contribution in [0.1, 0.15) is 23.0 Å². The first-order valence-electron chi connectivity index (χ1n) is 11.2. The van der Waals surface area contributed by atoms with Crippen molar-refractivity contribution in [3.8, 4) is 33.9 Å². The quantitative estimate of drug-likeness (QED) is 0.265. The first kappa shape index (κ1) is 25.5. The lowest BCUT2D eigenvalue weighted by atomic mass is 9.95. The van der Waals surface area contributed by atoms with E-state index in [0.717, 1.165) is 0 Å². The van der Waals surface area contributed by atoms with Gasteiger partial charge in [-0.1, -0.05) is 59.6 Å². The molecule has 0 saturated carbocycles. The SMILES string of the molecule is CCn1c(COC)c(-c2cccc(Oc3ccccc3)c2)c(=O)c(C(=O)O)c1-c1ccc(Cl)c(Cl)c1. The molecule has 0 bridgehead atoms. The van der Waals surface area contributed by atoms with Crippen LogP contribution in [-0.4, -0.2) is 22.8 Å². The minimum Gasteiger partial charge on any atom is -0.477 e. The predicted octanol–water partition coefficient (Wildman–Crippen LogP) is 7.15. The molecule has 0 atom stereocenters. The summed E-state index contributed by atoms with van der Waals surface area (Å²) in [6, 6.07) is 21.0. The second-order valence-electron chi connectivity index (χ2n) is 7.93. The largest absolute Gasteiger partial charge is 0.477 e. The smallest absolute Gasteiger partial charge is 0.341 e. The molecule has 1 heterocycles. The number of methoxy groups -OCH3 is 1. The molecule has 4 aromatic rings. The van der Waals surface area contributed by atoms with E-state index in [-0.39, 0.29) is 28.5 Å². The summed E-state index contributed by atoms with van der Waals surface area (Å²) in [4.78, 5) is 26.3. The Morgan fingerprint density at radius 3 is 2.28 bits per heavy atom. The Balaban J connectivity index is 2.00. The lowest BCUT2D eigenvalue weighted by Gasteiger charge is -2.23. The van der Waals surface area contributed by atoms with Crippen LogP contribution in [0, 0.1) is 0 Å². The number of hydrogen-bond donors (Lipinski definition) is 1. The zero-order valence-electron chi connectivity index (χ0n) is 19.6. The van der Waals surface area contributed by atoms with Crippen LogP contribution in [0.2, 0.25) is 10.0 Å². The van der Waals surface area contributed by atoms with Gasteiger partial charge >= 0.3 is 5.97 Å². The fraction of sp³-hybridized carbons (Fsp3) is 0.143. The van der Waals surface area contributed by atoms with Crippen molar-refractivity contribution in [3.05, 3.63) is 104 Å². The Hall–Kier alpha value is -3.58. The molecule has 36 heavy (non-hydrogen) atoms. The van der Waals surface area contributed by atoms with Crippen molar-refractivity contribution in [3.63, 3.8) is 0 Å². The number of carboxylic acid groups (broad SMARTS) is 1. The zero-order valence-corrected chi connectivity index (χ0v) is 21.1. The summed E-state index contributed by atoms with van der Waals surface area (Å²) in [6.07, 6.45) is 0. The predicted molar refractivity (Wildman–Crippen MR) is 141 cm³/mol. The number of rotatable bonds is 8. The molecule has 0 amide bonds. The molecule has 0 unspecified atom stereocenters. The number of carbonyl (C=O) groups is 1. The van der Waals surface area contributed by atoms with Gasteiger partial charge in [0, 0.05) is 19.2 Å². The maximum absolute atomic E-state index is 13.8. The van der Waals surface area contributed by atoms with E-state index in [4.69, 9.17) is 32.7 Å². The van der Waals surface area contributed by atoms with E-state index in [1.165, 1.54) is 7.11 Å². The summed E-state index contributed by atoms with van der Waals surface area (Å²) < 4.78 is 13.2. The first-order valence-corrected chi connectivity index (χ1v) is 11.9. The summed E-state index contributed by atoms with van der Waals surface area (Å²) in [5, 5.41) is 10.7. The molecule has 4 rings (SSSR count). The molecule has 3 aromatic carbocycles. The van der Waals surface area contributed by atoms with E-state index in [2.05, 4.69) is 0 Å². The van der Waals surface area contributed by atoms with Crippen LogP contribution in [0.4, 0.5) is 0 Å². The molecule has 0 spiro atoms. The Labute approximate surface area is 218 Å². The standard InChI is InChI=1S/C28H23Cl2NO5/c1-3-31-23(16-35-2)24(17-8-7-11-20(14-17)36-19-9-5-4-6-10-19)27(32)25(28(33)34)26(31)18-12-13-21(29)22(30)15-18/h4-15H,3,16H2,1-2H3,(H,33,34). The maximum atomic E-state index is 13.8. The van der Waals surface area contributed by atoms with Gasteiger partial charge < -0.3 is 19.1 Å². The van der Waals surface area contributed by atoms with E-state index in [0.29, 0.717) is 39.9 Å². The van der Waals surface area contributed by atoms with Crippen LogP contribution in [0.5, 0.6) is 11.5 Å². The van der Waals surface area contributed by atoms with Crippen molar-refractivity contribution in [1.29, 1.82) is 0 Å². The average molecular weight is 524 g/mol. The minimum atomic E-state index is -1.34. The van der Waals surface area contributed by atoms with E-state index in [1.54, 1.807) is 47.0 Å². The van der Waals surface area contributed by atoms with Gasteiger partial charge in [0.1, 0.15) is 17.1 Å². The summed E-state index contributed by atoms with van der Waals surface area (Å²) in [5.74, 6) is -0.195. The Morgan fingerprint density at radius 1 is 0.917 bits per heavy atom. The Kier molecular flexibility index (Phi) is 7.79. The van der Waals surface area contributed by atoms with E-state index in [1.807, 2.05) is 37.3 Å². The van der Waals surface area contributed by atoms with E-state index >= 15 is 0 Å². The highest BCUT2D eigenvalue weighted by Gasteiger charge is 2.27. The third-order valence-corrected chi connectivity index (χ3v) is 6.42. The number of pyridine rings is 1. The van der Waals surface area contributed by atoms with Crippen molar-refractivity contribution in [1.82, 2.24) is 4.57 Å². The molecule has 0 aliphatic carbocycles. The van der Waals surface area contributed by atoms with Gasteiger partial charge in [-0.15, -0.1) is 0 Å². The molecule has 0 aliphatic rings. The van der Waals surface area contributed by atoms with Gasteiger partial charge in [-0.2, -0.15) is 0 Å². The van der Waals surface area contributed by atoms with E-state index < -0.39 is 11.4 Å². The average Bonchev–Trinajstić information content (AvgIpc) is 2.86. The van der Waals surface area contributed by atoms with Gasteiger partial charge in [0.2, 0.25) is 5.43 Å². The molecule has 0 radical (unpaired) electrons. The van der Waals surface area contributed by atoms with E-state index in [9.17, 15) is 14.7 Å². The highest BCUT2D eigenvalue weighted by atomic mass is 35.5. The van der Waals surface area contributed by atoms with Crippen LogP contribution in [0.3, 0.4) is 0 Å². The molecular formula is C28H23Cl2NO5. The molecule has 1 N–H and O–H groups in total. The van der Waals surface area contributed by atoms with Crippen molar-refractivity contribution >= 4 is 29.2 Å². The number of halogens is 2. The van der Waals surface area contributed by atoms with Crippen LogP contribution in [0.25, 0.3) is 22.4 Å². The number of ether oxygens (including phenoxy) is 2. The van der Waals surface area contributed by atoms with Crippen LogP contribution >= 0.6 is 23.2 Å². The number of aromatic carboxylic acids is 1. The third-order valence-electron chi connectivity index (χ3n) is 5.68. The summed E-state index contributed by atoms with van der Waals surface area (Å²) in [6.45, 7) is 2.33. The number of benzene rings is 3. The molecule has 184 valence electrons. The summed E-state index contributed by atoms with van der Waals surface area (Å²) >= 11 is 12.3. The summed E-state index contributed by atoms with van der Waals surface area (Å²) in [7, 11) is 1.52. The fourth-order valence-corrected chi connectivity index (χ4v) is 4.48. The minimum absolute atomic E-state index is 0.0798. The van der Waals surface area contributed by atoms with Crippen molar-refractivity contribution in [2.45, 2.75) is 20.1 Å². The van der Waals surface area contributed by atoms with Crippen LogP contribution < -0.4 is 10.2 Å². The lowest BCUT2D eigenvalue weighted by Crippen LogP contribution is -2.26. The molecule has 8 heteroatoms. The highest BCUT2D eigenvalue weighted by molar-refractivity contribution is 6.42. The molecule has 0 aliphatic heterocycles. The number of aromatic nitrogens is 1. The van der Waals surface area contributed by atoms with Gasteiger partial charge in [-0.05, 0) is 48.9 Å². The monoisotopic (exact) mass is 523 g/mol. The second kappa shape index (κ2) is 11.0.